The van der Waals surface area contributed by atoms with Crippen LogP contribution in [0.5, 0.6) is 0 Å². The number of ether oxygens (including phenoxy) is 1. The average Bonchev–Trinajstić information content (AvgIpc) is 2.47. The van der Waals surface area contributed by atoms with Gasteiger partial charge in [0.05, 0.1) is 23.8 Å². The first-order valence-corrected chi connectivity index (χ1v) is 7.35. The van der Waals surface area contributed by atoms with E-state index >= 15 is 0 Å². The molecule has 114 valence electrons. The fourth-order valence-electron chi connectivity index (χ4n) is 2.57. The Morgan fingerprint density at radius 2 is 2.05 bits per heavy atom. The highest BCUT2D eigenvalue weighted by atomic mass is 35.5. The molecule has 2 rings (SSSR count). The van der Waals surface area contributed by atoms with Crippen LogP contribution in [-0.2, 0) is 9.53 Å². The molecule has 0 bridgehead atoms. The summed E-state index contributed by atoms with van der Waals surface area (Å²) in [7, 11) is 0. The van der Waals surface area contributed by atoms with E-state index in [2.05, 4.69) is 0 Å². The molecule has 1 aliphatic rings. The van der Waals surface area contributed by atoms with Crippen LogP contribution in [-0.4, -0.2) is 36.7 Å². The van der Waals surface area contributed by atoms with Gasteiger partial charge in [-0.3, -0.25) is 4.79 Å². The minimum atomic E-state index is -1.000. The second kappa shape index (κ2) is 6.80. The van der Waals surface area contributed by atoms with Crippen molar-refractivity contribution in [3.05, 3.63) is 28.8 Å². The molecule has 0 amide bonds. The number of piperidine rings is 1. The monoisotopic (exact) mass is 311 g/mol. The summed E-state index contributed by atoms with van der Waals surface area (Å²) < 4.78 is 5.03. The number of anilines is 1. The van der Waals surface area contributed by atoms with Crippen LogP contribution in [0.3, 0.4) is 0 Å². The first kappa shape index (κ1) is 15.6. The predicted octanol–water partition coefficient (Wildman–Crippen LogP) is 2.82. The van der Waals surface area contributed by atoms with Crippen molar-refractivity contribution in [2.45, 2.75) is 19.8 Å². The maximum absolute atomic E-state index is 11.7. The Labute approximate surface area is 128 Å². The van der Waals surface area contributed by atoms with E-state index in [1.54, 1.807) is 19.1 Å². The lowest BCUT2D eigenvalue weighted by Gasteiger charge is -2.33. The molecule has 0 atom stereocenters. The number of carbonyl (C=O) groups is 2. The third kappa shape index (κ3) is 3.67. The van der Waals surface area contributed by atoms with E-state index in [1.165, 1.54) is 6.07 Å². The molecule has 1 aliphatic heterocycles. The summed E-state index contributed by atoms with van der Waals surface area (Å²) in [5.41, 5.74) is 0.839. The van der Waals surface area contributed by atoms with Crippen LogP contribution in [0.2, 0.25) is 5.02 Å². The molecule has 0 radical (unpaired) electrons. The van der Waals surface area contributed by atoms with Gasteiger partial charge in [-0.2, -0.15) is 0 Å². The van der Waals surface area contributed by atoms with Gasteiger partial charge in [0.2, 0.25) is 0 Å². The van der Waals surface area contributed by atoms with Crippen molar-refractivity contribution in [3.8, 4) is 0 Å². The summed E-state index contributed by atoms with van der Waals surface area (Å²) in [6.45, 7) is 3.44. The van der Waals surface area contributed by atoms with Crippen molar-refractivity contribution >= 4 is 29.2 Å². The van der Waals surface area contributed by atoms with Gasteiger partial charge in [0.1, 0.15) is 0 Å². The van der Waals surface area contributed by atoms with Crippen LogP contribution in [0.15, 0.2) is 18.2 Å². The van der Waals surface area contributed by atoms with Gasteiger partial charge in [0, 0.05) is 18.1 Å². The van der Waals surface area contributed by atoms with E-state index in [-0.39, 0.29) is 17.5 Å². The molecule has 1 aromatic carbocycles. The van der Waals surface area contributed by atoms with Gasteiger partial charge in [-0.05, 0) is 38.0 Å². The number of aromatic carboxylic acids is 1. The minimum Gasteiger partial charge on any atom is -0.478 e. The lowest BCUT2D eigenvalue weighted by Crippen LogP contribution is -2.37. The van der Waals surface area contributed by atoms with Crippen molar-refractivity contribution in [2.75, 3.05) is 24.6 Å². The Kier molecular flexibility index (Phi) is 5.07. The summed E-state index contributed by atoms with van der Waals surface area (Å²) >= 11 is 5.86. The van der Waals surface area contributed by atoms with Crippen LogP contribution in [0.1, 0.15) is 30.1 Å². The quantitative estimate of drug-likeness (QED) is 0.866. The predicted molar refractivity (Wildman–Crippen MR) is 80.0 cm³/mol. The topological polar surface area (TPSA) is 66.8 Å². The van der Waals surface area contributed by atoms with Gasteiger partial charge in [-0.25, -0.2) is 4.79 Å². The molecule has 1 heterocycles. The number of esters is 1. The zero-order chi connectivity index (χ0) is 15.4. The standard InChI is InChI=1S/C15H18ClNO4/c1-2-21-15(20)10-5-7-17(8-6-10)13-4-3-11(16)9-12(13)14(18)19/h3-4,9-10H,2,5-8H2,1H3,(H,18,19). The molecule has 5 nitrogen and oxygen atoms in total. The lowest BCUT2D eigenvalue weighted by molar-refractivity contribution is -0.148. The number of carbonyl (C=O) groups excluding carboxylic acids is 1. The van der Waals surface area contributed by atoms with Crippen LogP contribution in [0.25, 0.3) is 0 Å². The first-order valence-electron chi connectivity index (χ1n) is 6.97. The Morgan fingerprint density at radius 1 is 1.38 bits per heavy atom. The normalized spacial score (nSPS) is 15.8. The number of hydrogen-bond acceptors (Lipinski definition) is 4. The second-order valence-corrected chi connectivity index (χ2v) is 5.42. The summed E-state index contributed by atoms with van der Waals surface area (Å²) in [4.78, 5) is 25.0. The molecule has 1 fully saturated rings. The Morgan fingerprint density at radius 3 is 2.62 bits per heavy atom. The fraction of sp³-hybridized carbons (Fsp3) is 0.467. The fourth-order valence-corrected chi connectivity index (χ4v) is 2.74. The molecule has 0 saturated carbocycles. The van der Waals surface area contributed by atoms with Crippen LogP contribution in [0, 0.1) is 5.92 Å². The molecule has 0 unspecified atom stereocenters. The van der Waals surface area contributed by atoms with Gasteiger partial charge < -0.3 is 14.7 Å². The number of benzene rings is 1. The van der Waals surface area contributed by atoms with Crippen molar-refractivity contribution in [1.29, 1.82) is 0 Å². The molecule has 21 heavy (non-hydrogen) atoms. The van der Waals surface area contributed by atoms with Crippen LogP contribution in [0.4, 0.5) is 5.69 Å². The highest BCUT2D eigenvalue weighted by Gasteiger charge is 2.27. The van der Waals surface area contributed by atoms with Gasteiger partial charge in [0.15, 0.2) is 0 Å². The molecule has 0 aromatic heterocycles. The zero-order valence-electron chi connectivity index (χ0n) is 11.8. The van der Waals surface area contributed by atoms with E-state index in [0.29, 0.717) is 43.2 Å². The van der Waals surface area contributed by atoms with E-state index in [4.69, 9.17) is 16.3 Å². The third-order valence-corrected chi connectivity index (χ3v) is 3.88. The number of nitrogens with zero attached hydrogens (tertiary/aromatic N) is 1. The van der Waals surface area contributed by atoms with Crippen molar-refractivity contribution < 1.29 is 19.4 Å². The second-order valence-electron chi connectivity index (χ2n) is 4.98. The maximum Gasteiger partial charge on any atom is 0.337 e. The molecular formula is C15H18ClNO4. The summed E-state index contributed by atoms with van der Waals surface area (Å²) in [5, 5.41) is 9.67. The van der Waals surface area contributed by atoms with E-state index < -0.39 is 5.97 Å². The summed E-state index contributed by atoms with van der Waals surface area (Å²) in [5.74, 6) is -1.26. The Hall–Kier alpha value is -1.75. The molecule has 1 aromatic rings. The molecule has 1 N–H and O–H groups in total. The Balaban J connectivity index is 2.09. The molecule has 6 heteroatoms. The molecule has 0 aliphatic carbocycles. The minimum absolute atomic E-state index is 0.0956. The van der Waals surface area contributed by atoms with Gasteiger partial charge in [0.25, 0.3) is 0 Å². The third-order valence-electron chi connectivity index (χ3n) is 3.64. The maximum atomic E-state index is 11.7. The Bertz CT molecular complexity index is 538. The van der Waals surface area contributed by atoms with E-state index in [0.717, 1.165) is 0 Å². The highest BCUT2D eigenvalue weighted by molar-refractivity contribution is 6.31. The van der Waals surface area contributed by atoms with Crippen LogP contribution < -0.4 is 4.90 Å². The van der Waals surface area contributed by atoms with E-state index in [1.807, 2.05) is 4.90 Å². The number of halogens is 1. The molecule has 0 spiro atoms. The summed E-state index contributed by atoms with van der Waals surface area (Å²) in [6.07, 6.45) is 1.33. The molecule has 1 saturated heterocycles. The van der Waals surface area contributed by atoms with Gasteiger partial charge in [-0.1, -0.05) is 11.6 Å². The van der Waals surface area contributed by atoms with Gasteiger partial charge >= 0.3 is 11.9 Å². The SMILES string of the molecule is CCOC(=O)C1CCN(c2ccc(Cl)cc2C(=O)O)CC1. The van der Waals surface area contributed by atoms with Crippen molar-refractivity contribution in [3.63, 3.8) is 0 Å². The highest BCUT2D eigenvalue weighted by Crippen LogP contribution is 2.29. The number of carboxylic acid groups (broad SMARTS) is 1. The smallest absolute Gasteiger partial charge is 0.337 e. The lowest BCUT2D eigenvalue weighted by atomic mass is 9.96. The van der Waals surface area contributed by atoms with Crippen LogP contribution >= 0.6 is 11.6 Å². The first-order chi connectivity index (χ1) is 10.0. The largest absolute Gasteiger partial charge is 0.478 e. The summed E-state index contributed by atoms with van der Waals surface area (Å²) in [6, 6.07) is 4.86. The zero-order valence-corrected chi connectivity index (χ0v) is 12.6. The number of carboxylic acids is 1. The average molecular weight is 312 g/mol. The number of hydrogen-bond donors (Lipinski definition) is 1. The van der Waals surface area contributed by atoms with E-state index in [9.17, 15) is 14.7 Å². The number of rotatable bonds is 4. The van der Waals surface area contributed by atoms with Gasteiger partial charge in [-0.15, -0.1) is 0 Å². The van der Waals surface area contributed by atoms with Crippen molar-refractivity contribution in [1.82, 2.24) is 0 Å². The molecular weight excluding hydrogens is 294 g/mol. The van der Waals surface area contributed by atoms with Crippen molar-refractivity contribution in [2.24, 2.45) is 5.92 Å².